The molecule has 0 aromatic heterocycles. The van der Waals surface area contributed by atoms with Gasteiger partial charge in [-0.15, -0.1) is 6.58 Å². The van der Waals surface area contributed by atoms with Crippen LogP contribution in [0.1, 0.15) is 22.8 Å². The van der Waals surface area contributed by atoms with Crippen LogP contribution in [-0.4, -0.2) is 11.1 Å². The van der Waals surface area contributed by atoms with Crippen molar-refractivity contribution < 1.29 is 9.90 Å². The summed E-state index contributed by atoms with van der Waals surface area (Å²) in [5.41, 5.74) is 1.41. The minimum absolute atomic E-state index is 0.339. The molecule has 0 aliphatic heterocycles. The molecule has 1 rings (SSSR count). The first-order valence-corrected chi connectivity index (χ1v) is 3.98. The third kappa shape index (κ3) is 4.80. The summed E-state index contributed by atoms with van der Waals surface area (Å²) in [6.45, 7) is 7.17. The van der Waals surface area contributed by atoms with Crippen molar-refractivity contribution in [2.24, 2.45) is 0 Å². The molecule has 1 aromatic rings. The highest BCUT2D eigenvalue weighted by Gasteiger charge is 1.98. The van der Waals surface area contributed by atoms with E-state index in [0.717, 1.165) is 5.56 Å². The summed E-state index contributed by atoms with van der Waals surface area (Å²) in [6, 6.07) is 6.75. The molecule has 2 nitrogen and oxygen atoms in total. The predicted molar refractivity (Wildman–Crippen MR) is 54.0 cm³/mol. The number of carboxylic acids is 1. The van der Waals surface area contributed by atoms with E-state index in [4.69, 9.17) is 5.11 Å². The molecule has 1 N–H and O–H groups in total. The van der Waals surface area contributed by atoms with Crippen LogP contribution < -0.4 is 0 Å². The van der Waals surface area contributed by atoms with Crippen LogP contribution >= 0.6 is 0 Å². The van der Waals surface area contributed by atoms with Gasteiger partial charge in [-0.25, -0.2) is 4.79 Å². The van der Waals surface area contributed by atoms with E-state index < -0.39 is 5.97 Å². The molecule has 0 heterocycles. The molecule has 13 heavy (non-hydrogen) atoms. The van der Waals surface area contributed by atoms with E-state index in [1.807, 2.05) is 13.8 Å². The van der Waals surface area contributed by atoms with Gasteiger partial charge in [-0.3, -0.25) is 0 Å². The molecule has 0 radical (unpaired) electrons. The molecule has 0 amide bonds. The maximum Gasteiger partial charge on any atom is 0.335 e. The molecule has 0 spiro atoms. The number of aryl methyl sites for hydroxylation is 1. The standard InChI is InChI=1S/C8H8O2.C3H6/c1-6-2-4-7(5-3-6)8(9)10;1-3-2/h2-5H,1H3,(H,9,10);3H,1H2,2H3. The maximum atomic E-state index is 10.3. The second-order valence-corrected chi connectivity index (χ2v) is 2.58. The van der Waals surface area contributed by atoms with Crippen LogP contribution in [0.3, 0.4) is 0 Å². The fourth-order valence-electron chi connectivity index (χ4n) is 0.696. The molecule has 0 saturated heterocycles. The van der Waals surface area contributed by atoms with E-state index in [1.165, 1.54) is 0 Å². The van der Waals surface area contributed by atoms with E-state index >= 15 is 0 Å². The fourth-order valence-corrected chi connectivity index (χ4v) is 0.696. The van der Waals surface area contributed by atoms with Gasteiger partial charge in [-0.1, -0.05) is 23.8 Å². The topological polar surface area (TPSA) is 37.3 Å². The third-order valence-electron chi connectivity index (χ3n) is 1.30. The molecule has 1 aromatic carbocycles. The fraction of sp³-hybridized carbons (Fsp3) is 0.182. The SMILES string of the molecule is C=CC.Cc1ccc(C(=O)O)cc1. The number of allylic oxidation sites excluding steroid dienone is 1. The Morgan fingerprint density at radius 1 is 1.38 bits per heavy atom. The molecule has 0 bridgehead atoms. The third-order valence-corrected chi connectivity index (χ3v) is 1.30. The lowest BCUT2D eigenvalue weighted by molar-refractivity contribution is 0.0697. The zero-order valence-corrected chi connectivity index (χ0v) is 7.95. The number of rotatable bonds is 1. The first kappa shape index (κ1) is 11.4. The van der Waals surface area contributed by atoms with Crippen molar-refractivity contribution >= 4 is 5.97 Å². The molecule has 0 aliphatic rings. The van der Waals surface area contributed by atoms with E-state index in [1.54, 1.807) is 30.3 Å². The monoisotopic (exact) mass is 178 g/mol. The van der Waals surface area contributed by atoms with Crippen LogP contribution in [0.15, 0.2) is 36.9 Å². The van der Waals surface area contributed by atoms with Crippen LogP contribution in [0, 0.1) is 6.92 Å². The highest BCUT2D eigenvalue weighted by atomic mass is 16.4. The number of benzene rings is 1. The summed E-state index contributed by atoms with van der Waals surface area (Å²) in [4.78, 5) is 10.3. The summed E-state index contributed by atoms with van der Waals surface area (Å²) < 4.78 is 0. The molecule has 0 saturated carbocycles. The highest BCUT2D eigenvalue weighted by Crippen LogP contribution is 2.01. The van der Waals surface area contributed by atoms with Gasteiger partial charge in [-0.2, -0.15) is 0 Å². The van der Waals surface area contributed by atoms with Crippen molar-refractivity contribution in [3.8, 4) is 0 Å². The molecular weight excluding hydrogens is 164 g/mol. The molecule has 0 unspecified atom stereocenters. The molecule has 0 atom stereocenters. The Kier molecular flexibility index (Phi) is 5.28. The van der Waals surface area contributed by atoms with Crippen molar-refractivity contribution in [1.29, 1.82) is 0 Å². The zero-order chi connectivity index (χ0) is 10.3. The number of hydrogen-bond acceptors (Lipinski definition) is 1. The average molecular weight is 178 g/mol. The maximum absolute atomic E-state index is 10.3. The smallest absolute Gasteiger partial charge is 0.335 e. The lowest BCUT2D eigenvalue weighted by Crippen LogP contribution is -1.94. The molecule has 0 aliphatic carbocycles. The summed E-state index contributed by atoms with van der Waals surface area (Å²) in [6.07, 6.45) is 1.75. The lowest BCUT2D eigenvalue weighted by Gasteiger charge is -1.92. The summed E-state index contributed by atoms with van der Waals surface area (Å²) >= 11 is 0. The average Bonchev–Trinajstić information content (AvgIpc) is 2.06. The molecule has 2 heteroatoms. The highest BCUT2D eigenvalue weighted by molar-refractivity contribution is 5.87. The quantitative estimate of drug-likeness (QED) is 0.671. The van der Waals surface area contributed by atoms with Gasteiger partial charge in [0, 0.05) is 0 Å². The number of hydrogen-bond donors (Lipinski definition) is 1. The number of aromatic carboxylic acids is 1. The minimum Gasteiger partial charge on any atom is -0.478 e. The Balaban J connectivity index is 0.000000424. The van der Waals surface area contributed by atoms with E-state index in [-0.39, 0.29) is 0 Å². The van der Waals surface area contributed by atoms with Gasteiger partial charge in [-0.05, 0) is 26.0 Å². The van der Waals surface area contributed by atoms with Crippen molar-refractivity contribution in [2.45, 2.75) is 13.8 Å². The minimum atomic E-state index is -0.875. The van der Waals surface area contributed by atoms with Crippen molar-refractivity contribution in [1.82, 2.24) is 0 Å². The Hall–Kier alpha value is -1.57. The van der Waals surface area contributed by atoms with Gasteiger partial charge in [0.25, 0.3) is 0 Å². The second-order valence-electron chi connectivity index (χ2n) is 2.58. The normalized spacial score (nSPS) is 8.15. The zero-order valence-electron chi connectivity index (χ0n) is 7.95. The van der Waals surface area contributed by atoms with Crippen LogP contribution in [0.4, 0.5) is 0 Å². The van der Waals surface area contributed by atoms with Crippen LogP contribution in [0.25, 0.3) is 0 Å². The van der Waals surface area contributed by atoms with Crippen molar-refractivity contribution in [2.75, 3.05) is 0 Å². The number of carboxylic acid groups (broad SMARTS) is 1. The van der Waals surface area contributed by atoms with Gasteiger partial charge in [0.15, 0.2) is 0 Å². The Bertz CT molecular complexity index is 273. The molecule has 70 valence electrons. The second kappa shape index (κ2) is 6.00. The van der Waals surface area contributed by atoms with Gasteiger partial charge in [0.1, 0.15) is 0 Å². The van der Waals surface area contributed by atoms with E-state index in [9.17, 15) is 4.79 Å². The van der Waals surface area contributed by atoms with Crippen LogP contribution in [0.2, 0.25) is 0 Å². The summed E-state index contributed by atoms with van der Waals surface area (Å²) in [5.74, 6) is -0.875. The lowest BCUT2D eigenvalue weighted by atomic mass is 10.2. The Labute approximate surface area is 78.5 Å². The van der Waals surface area contributed by atoms with Gasteiger partial charge in [0.05, 0.1) is 5.56 Å². The molecular formula is C11H14O2. The largest absolute Gasteiger partial charge is 0.478 e. The van der Waals surface area contributed by atoms with Crippen LogP contribution in [-0.2, 0) is 0 Å². The first-order valence-electron chi connectivity index (χ1n) is 3.98. The van der Waals surface area contributed by atoms with E-state index in [0.29, 0.717) is 5.56 Å². The van der Waals surface area contributed by atoms with Gasteiger partial charge in [0.2, 0.25) is 0 Å². The first-order chi connectivity index (χ1) is 6.11. The van der Waals surface area contributed by atoms with Gasteiger partial charge < -0.3 is 5.11 Å². The van der Waals surface area contributed by atoms with E-state index in [2.05, 4.69) is 6.58 Å². The Morgan fingerprint density at radius 2 is 1.77 bits per heavy atom. The summed E-state index contributed by atoms with van der Waals surface area (Å²) in [5, 5.41) is 8.48. The van der Waals surface area contributed by atoms with Crippen molar-refractivity contribution in [3.05, 3.63) is 48.0 Å². The van der Waals surface area contributed by atoms with Crippen LogP contribution in [0.5, 0.6) is 0 Å². The summed E-state index contributed by atoms with van der Waals surface area (Å²) in [7, 11) is 0. The number of carbonyl (C=O) groups is 1. The van der Waals surface area contributed by atoms with Gasteiger partial charge >= 0.3 is 5.97 Å². The Morgan fingerprint density at radius 3 is 2.08 bits per heavy atom. The molecule has 0 fully saturated rings. The predicted octanol–water partition coefficient (Wildman–Crippen LogP) is 2.89. The van der Waals surface area contributed by atoms with Crippen molar-refractivity contribution in [3.63, 3.8) is 0 Å².